The van der Waals surface area contributed by atoms with Gasteiger partial charge in [0.2, 0.25) is 11.8 Å². The van der Waals surface area contributed by atoms with Gasteiger partial charge in [0.25, 0.3) is 0 Å². The number of hydrogen-bond acceptors (Lipinski definition) is 7. The Morgan fingerprint density at radius 2 is 1.62 bits per heavy atom. The van der Waals surface area contributed by atoms with E-state index in [9.17, 15) is 27.4 Å². The number of alkyl carbamates (subject to hydrolysis) is 1. The Labute approximate surface area is 297 Å². The first-order chi connectivity index (χ1) is 22.0. The Kier molecular flexibility index (Phi) is 11.1. The Hall–Kier alpha value is -2.90. The van der Waals surface area contributed by atoms with Crippen molar-refractivity contribution < 1.29 is 61.6 Å². The molecule has 0 saturated heterocycles. The van der Waals surface area contributed by atoms with Gasteiger partial charge in [0.05, 0.1) is 16.2 Å². The van der Waals surface area contributed by atoms with Crippen molar-refractivity contribution >= 4 is 38.9 Å². The van der Waals surface area contributed by atoms with Crippen LogP contribution in [0.15, 0.2) is 60.8 Å². The van der Waals surface area contributed by atoms with Gasteiger partial charge in [-0.05, 0) is 79.9 Å². The number of benzene rings is 2. The normalized spacial score (nSPS) is 24.9. The molecule has 0 radical (unpaired) electrons. The van der Waals surface area contributed by atoms with Crippen LogP contribution in [0.4, 0.5) is 4.79 Å². The van der Waals surface area contributed by atoms with Crippen LogP contribution < -0.4 is 45.5 Å². The summed E-state index contributed by atoms with van der Waals surface area (Å²) in [5.74, 6) is 0.242. The van der Waals surface area contributed by atoms with E-state index < -0.39 is 51.8 Å². The molecule has 4 N–H and O–H groups in total. The number of aromatic amines is 1. The predicted molar refractivity (Wildman–Crippen MR) is 170 cm³/mol. The van der Waals surface area contributed by atoms with Gasteiger partial charge in [0, 0.05) is 42.2 Å². The fourth-order valence-electron chi connectivity index (χ4n) is 8.10. The van der Waals surface area contributed by atoms with E-state index in [1.165, 1.54) is 6.42 Å². The smallest absolute Gasteiger partial charge is 0.748 e. The summed E-state index contributed by atoms with van der Waals surface area (Å²) < 4.78 is 39.3. The minimum Gasteiger partial charge on any atom is -0.748 e. The molecule has 2 atom stereocenters. The Bertz CT molecular complexity index is 1670. The minimum atomic E-state index is -4.57. The number of aromatic nitrogens is 1. The number of fused-ring (bicyclic) bond motifs is 1. The van der Waals surface area contributed by atoms with Crippen molar-refractivity contribution in [1.82, 2.24) is 20.9 Å². The molecule has 0 aliphatic heterocycles. The largest absolute Gasteiger partial charge is 1.00 e. The number of hydrogen-bond donors (Lipinski definition) is 4. The van der Waals surface area contributed by atoms with Gasteiger partial charge in [-0.15, -0.1) is 0 Å². The molecule has 4 bridgehead atoms. The van der Waals surface area contributed by atoms with E-state index in [2.05, 4.69) is 20.9 Å². The van der Waals surface area contributed by atoms with Crippen LogP contribution in [-0.2, 0) is 30.9 Å². The van der Waals surface area contributed by atoms with Gasteiger partial charge in [0.15, 0.2) is 0 Å². The minimum absolute atomic E-state index is 0. The molecule has 47 heavy (non-hydrogen) atoms. The Balaban J connectivity index is 0.00000433. The fraction of sp³-hybridized carbons (Fsp3) is 0.500. The molecule has 1 aromatic heterocycles. The summed E-state index contributed by atoms with van der Waals surface area (Å²) in [4.78, 5) is 43.4. The summed E-state index contributed by atoms with van der Waals surface area (Å²) in [5.41, 5.74) is 1.00. The van der Waals surface area contributed by atoms with Crippen molar-refractivity contribution in [3.05, 3.63) is 71.9 Å². The zero-order valence-electron chi connectivity index (χ0n) is 26.9. The summed E-state index contributed by atoms with van der Waals surface area (Å²) in [5, 5.41) is 9.49. The fourth-order valence-corrected chi connectivity index (χ4v) is 8.53. The number of carbonyl (C=O) groups excluding carboxylic acids is 3. The van der Waals surface area contributed by atoms with E-state index in [1.54, 1.807) is 31.2 Å². The summed E-state index contributed by atoms with van der Waals surface area (Å²) in [6, 6.07) is 15.9. The maximum absolute atomic E-state index is 14.1. The second-order valence-corrected chi connectivity index (χ2v) is 15.1. The molecule has 0 unspecified atom stereocenters. The molecule has 246 valence electrons. The third kappa shape index (κ3) is 8.58. The third-order valence-electron chi connectivity index (χ3n) is 10.1. The molecule has 2 aromatic carbocycles. The van der Waals surface area contributed by atoms with Crippen LogP contribution in [0.5, 0.6) is 0 Å². The van der Waals surface area contributed by atoms with E-state index in [1.807, 2.05) is 36.5 Å². The van der Waals surface area contributed by atoms with Crippen molar-refractivity contribution in [3.63, 3.8) is 0 Å². The third-order valence-corrected chi connectivity index (χ3v) is 10.8. The molecule has 3 amide bonds. The number of para-hydroxylation sites is 1. The van der Waals surface area contributed by atoms with Crippen molar-refractivity contribution in [3.8, 4) is 0 Å². The van der Waals surface area contributed by atoms with Gasteiger partial charge < -0.3 is 30.2 Å². The molecule has 3 aromatic rings. The number of H-pyrrole nitrogens is 1. The maximum Gasteiger partial charge on any atom is 1.00 e. The molecular formula is C34H41N4NaO7S. The molecule has 4 aliphatic carbocycles. The monoisotopic (exact) mass is 672 g/mol. The van der Waals surface area contributed by atoms with E-state index in [-0.39, 0.29) is 48.6 Å². The van der Waals surface area contributed by atoms with Gasteiger partial charge in [-0.1, -0.05) is 48.5 Å². The van der Waals surface area contributed by atoms with Crippen LogP contribution >= 0.6 is 0 Å². The van der Waals surface area contributed by atoms with Gasteiger partial charge in [-0.3, -0.25) is 9.59 Å². The van der Waals surface area contributed by atoms with Gasteiger partial charge in [-0.2, -0.15) is 0 Å². The van der Waals surface area contributed by atoms with E-state index in [4.69, 9.17) is 4.74 Å². The van der Waals surface area contributed by atoms with Crippen LogP contribution in [0.2, 0.25) is 0 Å². The number of ether oxygens (including phenoxy) is 1. The van der Waals surface area contributed by atoms with Crippen molar-refractivity contribution in [2.45, 2.75) is 69.6 Å². The quantitative estimate of drug-likeness (QED) is 0.164. The van der Waals surface area contributed by atoms with Gasteiger partial charge in [0.1, 0.15) is 11.6 Å². The van der Waals surface area contributed by atoms with Crippen LogP contribution in [0.1, 0.15) is 62.6 Å². The average Bonchev–Trinajstić information content (AvgIpc) is 3.41. The molecule has 1 heterocycles. The topological polar surface area (TPSA) is 170 Å². The predicted octanol–water partition coefficient (Wildman–Crippen LogP) is 0.933. The van der Waals surface area contributed by atoms with Crippen LogP contribution in [0.3, 0.4) is 0 Å². The van der Waals surface area contributed by atoms with Gasteiger partial charge in [-0.25, -0.2) is 13.2 Å². The Morgan fingerprint density at radius 3 is 2.28 bits per heavy atom. The summed E-state index contributed by atoms with van der Waals surface area (Å²) in [6.45, 7) is 1.62. The maximum atomic E-state index is 14.1. The molecule has 4 fully saturated rings. The van der Waals surface area contributed by atoms with E-state index in [0.29, 0.717) is 17.4 Å². The van der Waals surface area contributed by atoms with Crippen LogP contribution in [-0.4, -0.2) is 59.8 Å². The molecular weight excluding hydrogens is 631 g/mol. The first kappa shape index (κ1) is 35.4. The summed E-state index contributed by atoms with van der Waals surface area (Å²) >= 11 is 0. The SMILES string of the molecule is C[C@@](Cc1c[nH]c2ccccc12)(NC(=O)OC1C2CC3CC(C2)CC1C3)C(=O)NC[C@@H](NC(=O)CCS(=O)(=O)[O-])c1ccccc1.[Na+]. The number of carbonyl (C=O) groups is 3. The van der Waals surface area contributed by atoms with E-state index >= 15 is 0 Å². The number of rotatable bonds is 12. The zero-order valence-corrected chi connectivity index (χ0v) is 29.7. The number of amides is 3. The molecule has 13 heteroatoms. The average molecular weight is 673 g/mol. The zero-order chi connectivity index (χ0) is 32.5. The molecule has 4 aliphatic rings. The molecule has 11 nitrogen and oxygen atoms in total. The molecule has 0 spiro atoms. The van der Waals surface area contributed by atoms with Crippen molar-refractivity contribution in [2.75, 3.05) is 12.3 Å². The second kappa shape index (κ2) is 14.7. The first-order valence-electron chi connectivity index (χ1n) is 16.1. The number of nitrogens with one attached hydrogen (secondary N) is 4. The van der Waals surface area contributed by atoms with Crippen molar-refractivity contribution in [1.29, 1.82) is 0 Å². The van der Waals surface area contributed by atoms with Gasteiger partial charge >= 0.3 is 35.7 Å². The summed E-state index contributed by atoms with van der Waals surface area (Å²) in [6.07, 6.45) is 6.37. The Morgan fingerprint density at radius 1 is 0.979 bits per heavy atom. The summed E-state index contributed by atoms with van der Waals surface area (Å²) in [7, 11) is -4.57. The van der Waals surface area contributed by atoms with E-state index in [0.717, 1.165) is 54.0 Å². The standard InChI is InChI=1S/C34H42N4O7S.Na/c1-34(18-26-19-35-28-10-6-5-9-27(26)28,38-33(41)45-31-24-14-21-13-22(16-24)17-25(31)15-21)32(40)36-20-29(23-7-3-2-4-8-23)37-30(39)11-12-46(42,43)44;/h2-10,19,21-22,24-25,29,31,35H,11-18,20H2,1H3,(H,36,40)(H,37,39)(H,38,41)(H,42,43,44);/q;+1/p-1/t21?,22?,24?,25?,29-,31?,34+;/m1./s1. The molecule has 7 rings (SSSR count). The molecule has 4 saturated carbocycles. The van der Waals surface area contributed by atoms with Crippen LogP contribution in [0, 0.1) is 23.7 Å². The second-order valence-electron chi connectivity index (χ2n) is 13.5. The first-order valence-corrected chi connectivity index (χ1v) is 17.6. The van der Waals surface area contributed by atoms with Crippen molar-refractivity contribution in [2.24, 2.45) is 23.7 Å². The van der Waals surface area contributed by atoms with Crippen LogP contribution in [0.25, 0.3) is 10.9 Å².